The molecule has 0 atom stereocenters. The van der Waals surface area contributed by atoms with E-state index in [1.165, 1.54) is 0 Å². The van der Waals surface area contributed by atoms with Crippen LogP contribution in [0.3, 0.4) is 0 Å². The monoisotopic (exact) mass is 430 g/mol. The lowest BCUT2D eigenvalue weighted by atomic mass is 10.1. The van der Waals surface area contributed by atoms with Crippen molar-refractivity contribution >= 4 is 49.1 Å². The molecule has 0 saturated heterocycles. The number of nitrogen functional groups attached to an aromatic ring is 1. The quantitative estimate of drug-likeness (QED) is 0.573. The fourth-order valence-corrected chi connectivity index (χ4v) is 3.66. The van der Waals surface area contributed by atoms with Gasteiger partial charge in [-0.1, -0.05) is 28.1 Å². The Morgan fingerprint density at radius 1 is 1.28 bits per heavy atom. The Hall–Kier alpha value is -2.13. The number of aromatic nitrogens is 1. The van der Waals surface area contributed by atoms with E-state index >= 15 is 0 Å². The van der Waals surface area contributed by atoms with E-state index in [0.29, 0.717) is 5.56 Å². The summed E-state index contributed by atoms with van der Waals surface area (Å²) >= 11 is 4.05. The van der Waals surface area contributed by atoms with Gasteiger partial charge in [0.2, 0.25) is 0 Å². The fourth-order valence-electron chi connectivity index (χ4n) is 2.36. The Balaban J connectivity index is 2.32. The first-order valence-electron chi connectivity index (χ1n) is 6.87. The minimum atomic E-state index is -4.64. The number of benzene rings is 1. The first-order valence-corrected chi connectivity index (χ1v) is 8.47. The van der Waals surface area contributed by atoms with Crippen LogP contribution in [-0.4, -0.2) is 18.1 Å². The molecule has 0 unspecified atom stereocenters. The highest BCUT2D eigenvalue weighted by Gasteiger charge is 2.36. The summed E-state index contributed by atoms with van der Waals surface area (Å²) in [5.41, 5.74) is 5.24. The molecular weight excluding hydrogens is 421 g/mol. The molecule has 4 nitrogen and oxygen atoms in total. The number of anilines is 1. The molecule has 0 saturated carbocycles. The lowest BCUT2D eigenvalue weighted by molar-refractivity contribution is -0.136. The van der Waals surface area contributed by atoms with Gasteiger partial charge in [-0.2, -0.15) is 13.2 Å². The third kappa shape index (κ3) is 3.21. The molecule has 0 fully saturated rings. The summed E-state index contributed by atoms with van der Waals surface area (Å²) in [5.74, 6) is -0.793. The van der Waals surface area contributed by atoms with E-state index in [0.717, 1.165) is 29.0 Å². The summed E-state index contributed by atoms with van der Waals surface area (Å²) in [6, 6.07) is 7.65. The van der Waals surface area contributed by atoms with Crippen LogP contribution in [0.2, 0.25) is 0 Å². The molecule has 3 rings (SSSR count). The van der Waals surface area contributed by atoms with E-state index in [1.54, 1.807) is 24.3 Å². The van der Waals surface area contributed by atoms with E-state index < -0.39 is 17.7 Å². The summed E-state index contributed by atoms with van der Waals surface area (Å²) in [5, 5.41) is -0.279. The smallest absolute Gasteiger partial charge is 0.417 e. The molecule has 3 aromatic rings. The number of nitrogens with zero attached hydrogens (tertiary/aromatic N) is 1. The molecule has 0 radical (unpaired) electrons. The van der Waals surface area contributed by atoms with E-state index in [1.807, 2.05) is 0 Å². The van der Waals surface area contributed by atoms with Gasteiger partial charge in [-0.25, -0.2) is 9.78 Å². The van der Waals surface area contributed by atoms with Gasteiger partial charge in [-0.3, -0.25) is 0 Å². The average Bonchev–Trinajstić information content (AvgIpc) is 2.90. The van der Waals surface area contributed by atoms with Crippen LogP contribution in [-0.2, 0) is 10.9 Å². The van der Waals surface area contributed by atoms with E-state index in [4.69, 9.17) is 5.73 Å². The number of methoxy groups -OCH3 is 1. The number of alkyl halides is 3. The van der Waals surface area contributed by atoms with Crippen LogP contribution in [0.1, 0.15) is 15.2 Å². The maximum atomic E-state index is 13.5. The maximum absolute atomic E-state index is 13.5. The minimum Gasteiger partial charge on any atom is -0.465 e. The molecule has 0 aliphatic rings. The molecule has 0 spiro atoms. The number of esters is 1. The largest absolute Gasteiger partial charge is 0.465 e. The number of halogens is 4. The number of thiophene rings is 1. The Morgan fingerprint density at radius 2 is 1.92 bits per heavy atom. The fraction of sp³-hybridized carbons (Fsp3) is 0.125. The average molecular weight is 431 g/mol. The van der Waals surface area contributed by atoms with Crippen LogP contribution in [0.25, 0.3) is 21.5 Å². The van der Waals surface area contributed by atoms with Crippen molar-refractivity contribution in [2.75, 3.05) is 12.8 Å². The van der Waals surface area contributed by atoms with E-state index in [9.17, 15) is 18.0 Å². The normalized spacial score (nSPS) is 11.7. The molecule has 2 aromatic heterocycles. The third-order valence-corrected chi connectivity index (χ3v) is 5.12. The number of carbonyl (C=O) groups excluding carboxylic acids is 1. The summed E-state index contributed by atoms with van der Waals surface area (Å²) in [6.45, 7) is 0. The topological polar surface area (TPSA) is 65.2 Å². The molecule has 0 aliphatic carbocycles. The van der Waals surface area contributed by atoms with Gasteiger partial charge < -0.3 is 10.5 Å². The number of fused-ring (bicyclic) bond motifs is 1. The van der Waals surface area contributed by atoms with Gasteiger partial charge in [0.05, 0.1) is 24.1 Å². The Bertz CT molecular complexity index is 968. The number of pyridine rings is 1. The number of rotatable bonds is 2. The highest BCUT2D eigenvalue weighted by atomic mass is 79.9. The molecule has 2 N–H and O–H groups in total. The lowest BCUT2D eigenvalue weighted by Crippen LogP contribution is -2.08. The molecule has 0 amide bonds. The zero-order chi connectivity index (χ0) is 18.4. The van der Waals surface area contributed by atoms with Gasteiger partial charge in [0.25, 0.3) is 0 Å². The number of carbonyl (C=O) groups is 1. The standard InChI is InChI=1S/C16H10BrF3N2O2S/c1-24-15(23)13-12(21)11-9(16(18,19)20)6-10(22-14(11)25-13)7-2-4-8(17)5-3-7/h2-6H,21H2,1H3. The van der Waals surface area contributed by atoms with Crippen LogP contribution in [0.5, 0.6) is 0 Å². The van der Waals surface area contributed by atoms with Gasteiger partial charge in [0, 0.05) is 15.4 Å². The zero-order valence-electron chi connectivity index (χ0n) is 12.6. The van der Waals surface area contributed by atoms with E-state index in [2.05, 4.69) is 25.7 Å². The molecule has 25 heavy (non-hydrogen) atoms. The van der Waals surface area contributed by atoms with Gasteiger partial charge in [-0.05, 0) is 18.2 Å². The van der Waals surface area contributed by atoms with E-state index in [-0.39, 0.29) is 26.5 Å². The van der Waals surface area contributed by atoms with Crippen molar-refractivity contribution in [2.24, 2.45) is 0 Å². The molecule has 9 heteroatoms. The number of nitrogens with two attached hydrogens (primary N) is 1. The summed E-state index contributed by atoms with van der Waals surface area (Å²) in [6.07, 6.45) is -4.64. The second-order valence-corrected chi connectivity index (χ2v) is 6.99. The summed E-state index contributed by atoms with van der Waals surface area (Å²) < 4.78 is 46.0. The van der Waals surface area contributed by atoms with Gasteiger partial charge in [-0.15, -0.1) is 11.3 Å². The molecule has 1 aromatic carbocycles. The molecule has 0 aliphatic heterocycles. The highest BCUT2D eigenvalue weighted by molar-refractivity contribution is 9.10. The first-order chi connectivity index (χ1) is 11.7. The third-order valence-electron chi connectivity index (χ3n) is 3.52. The highest BCUT2D eigenvalue weighted by Crippen LogP contribution is 2.43. The minimum absolute atomic E-state index is 0.0330. The van der Waals surface area contributed by atoms with Crippen molar-refractivity contribution < 1.29 is 22.7 Å². The summed E-state index contributed by atoms with van der Waals surface area (Å²) in [7, 11) is 1.14. The SMILES string of the molecule is COC(=O)c1sc2nc(-c3ccc(Br)cc3)cc(C(F)(F)F)c2c1N. The Morgan fingerprint density at radius 3 is 2.48 bits per heavy atom. The predicted octanol–water partition coefficient (Wildman–Crippen LogP) is 5.11. The Labute approximate surface area is 152 Å². The number of hydrogen-bond donors (Lipinski definition) is 1. The summed E-state index contributed by atoms with van der Waals surface area (Å²) in [4.78, 5) is 16.0. The van der Waals surface area contributed by atoms with Crippen molar-refractivity contribution in [3.63, 3.8) is 0 Å². The number of ether oxygens (including phenoxy) is 1. The van der Waals surface area contributed by atoms with Crippen LogP contribution in [0, 0.1) is 0 Å². The van der Waals surface area contributed by atoms with Crippen LogP contribution in [0.4, 0.5) is 18.9 Å². The van der Waals surface area contributed by atoms with Gasteiger partial charge in [0.15, 0.2) is 0 Å². The Kier molecular flexibility index (Phi) is 4.46. The molecule has 0 bridgehead atoms. The van der Waals surface area contributed by atoms with Crippen molar-refractivity contribution in [3.8, 4) is 11.3 Å². The lowest BCUT2D eigenvalue weighted by Gasteiger charge is -2.11. The zero-order valence-corrected chi connectivity index (χ0v) is 15.1. The molecule has 130 valence electrons. The second-order valence-electron chi connectivity index (χ2n) is 5.08. The molecule has 2 heterocycles. The second kappa shape index (κ2) is 6.30. The van der Waals surface area contributed by atoms with Crippen LogP contribution < -0.4 is 5.73 Å². The van der Waals surface area contributed by atoms with Crippen LogP contribution >= 0.6 is 27.3 Å². The maximum Gasteiger partial charge on any atom is 0.417 e. The van der Waals surface area contributed by atoms with Crippen LogP contribution in [0.15, 0.2) is 34.8 Å². The van der Waals surface area contributed by atoms with Gasteiger partial charge >= 0.3 is 12.1 Å². The van der Waals surface area contributed by atoms with Gasteiger partial charge in [0.1, 0.15) is 9.71 Å². The van der Waals surface area contributed by atoms with Crippen molar-refractivity contribution in [3.05, 3.63) is 45.2 Å². The first kappa shape index (κ1) is 17.7. The van der Waals surface area contributed by atoms with Crippen molar-refractivity contribution in [1.82, 2.24) is 4.98 Å². The van der Waals surface area contributed by atoms with Crippen molar-refractivity contribution in [2.45, 2.75) is 6.18 Å². The molecular formula is C16H10BrF3N2O2S. The predicted molar refractivity (Wildman–Crippen MR) is 93.5 cm³/mol. The number of hydrogen-bond acceptors (Lipinski definition) is 5. The van der Waals surface area contributed by atoms with Crippen molar-refractivity contribution in [1.29, 1.82) is 0 Å².